The van der Waals surface area contributed by atoms with Gasteiger partial charge in [-0.15, -0.1) is 0 Å². The first kappa shape index (κ1) is 13.6. The molecule has 20 heavy (non-hydrogen) atoms. The molecule has 0 radical (unpaired) electrons. The number of fused-ring (bicyclic) bond motifs is 1. The molecule has 0 fully saturated rings. The van der Waals surface area contributed by atoms with Gasteiger partial charge < -0.3 is 10.3 Å². The number of aromatic amines is 1. The molecular weight excluding hydrogens is 433 g/mol. The minimum atomic E-state index is -0.146. The molecule has 0 atom stereocenters. The summed E-state index contributed by atoms with van der Waals surface area (Å²) in [6.07, 6.45) is 1.39. The molecule has 0 aliphatic heterocycles. The molecule has 0 saturated carbocycles. The molecule has 0 aliphatic rings. The van der Waals surface area contributed by atoms with E-state index in [4.69, 9.17) is 0 Å². The minimum absolute atomic E-state index is 0.146. The Bertz CT molecular complexity index is 847. The van der Waals surface area contributed by atoms with Gasteiger partial charge in [0.1, 0.15) is 3.57 Å². The van der Waals surface area contributed by atoms with Crippen molar-refractivity contribution in [1.82, 2.24) is 9.97 Å². The number of H-pyrrole nitrogens is 1. The standard InChI is InChI=1S/C14H9BrIN3O/c15-10-3-1-9-6-11(4-2-8(9)5-10)19-13-12(16)14(20)18-7-17-13/h1-7H,(H2,17,18,19,20). The van der Waals surface area contributed by atoms with Crippen LogP contribution >= 0.6 is 38.5 Å². The second-order valence-electron chi connectivity index (χ2n) is 4.23. The van der Waals surface area contributed by atoms with Gasteiger partial charge in [0, 0.05) is 10.2 Å². The number of benzene rings is 2. The molecule has 0 aliphatic carbocycles. The first-order chi connectivity index (χ1) is 9.63. The van der Waals surface area contributed by atoms with Gasteiger partial charge in [0.25, 0.3) is 5.56 Å². The number of nitrogens with zero attached hydrogens (tertiary/aromatic N) is 1. The number of hydrogen-bond donors (Lipinski definition) is 2. The number of hydrogen-bond acceptors (Lipinski definition) is 3. The van der Waals surface area contributed by atoms with Crippen molar-refractivity contribution >= 4 is 60.8 Å². The highest BCUT2D eigenvalue weighted by Crippen LogP contribution is 2.25. The average molecular weight is 442 g/mol. The van der Waals surface area contributed by atoms with Gasteiger partial charge in [-0.2, -0.15) is 0 Å². The predicted molar refractivity (Wildman–Crippen MR) is 92.5 cm³/mol. The zero-order chi connectivity index (χ0) is 14.1. The van der Waals surface area contributed by atoms with E-state index in [9.17, 15) is 4.79 Å². The third kappa shape index (κ3) is 2.71. The summed E-state index contributed by atoms with van der Waals surface area (Å²) in [5, 5.41) is 5.44. The van der Waals surface area contributed by atoms with E-state index < -0.39 is 0 Å². The average Bonchev–Trinajstić information content (AvgIpc) is 2.44. The third-order valence-electron chi connectivity index (χ3n) is 2.86. The summed E-state index contributed by atoms with van der Waals surface area (Å²) in [7, 11) is 0. The van der Waals surface area contributed by atoms with Crippen LogP contribution in [0.5, 0.6) is 0 Å². The summed E-state index contributed by atoms with van der Waals surface area (Å²) < 4.78 is 1.59. The fraction of sp³-hybridized carbons (Fsp3) is 0. The number of halogens is 2. The first-order valence-corrected chi connectivity index (χ1v) is 7.70. The Kier molecular flexibility index (Phi) is 3.75. The number of rotatable bonds is 2. The van der Waals surface area contributed by atoms with Crippen LogP contribution in [0, 0.1) is 3.57 Å². The first-order valence-electron chi connectivity index (χ1n) is 5.83. The van der Waals surface area contributed by atoms with Crippen LogP contribution in [0.25, 0.3) is 10.8 Å². The summed E-state index contributed by atoms with van der Waals surface area (Å²) in [4.78, 5) is 18.2. The summed E-state index contributed by atoms with van der Waals surface area (Å²) in [5.74, 6) is 0.561. The van der Waals surface area contributed by atoms with Crippen molar-refractivity contribution in [2.45, 2.75) is 0 Å². The second kappa shape index (κ2) is 5.53. The second-order valence-corrected chi connectivity index (χ2v) is 6.22. The summed E-state index contributed by atoms with van der Waals surface area (Å²) in [5.41, 5.74) is 0.753. The van der Waals surface area contributed by atoms with E-state index in [1.807, 2.05) is 52.9 Å². The van der Waals surface area contributed by atoms with Crippen LogP contribution in [0.4, 0.5) is 11.5 Å². The number of nitrogens with one attached hydrogen (secondary N) is 2. The number of anilines is 2. The molecule has 6 heteroatoms. The lowest BCUT2D eigenvalue weighted by molar-refractivity contribution is 1.10. The lowest BCUT2D eigenvalue weighted by Crippen LogP contribution is -2.12. The summed E-state index contributed by atoms with van der Waals surface area (Å²) >= 11 is 5.44. The molecule has 0 saturated heterocycles. The quantitative estimate of drug-likeness (QED) is 0.590. The van der Waals surface area contributed by atoms with Crippen molar-refractivity contribution < 1.29 is 0 Å². The highest BCUT2D eigenvalue weighted by Gasteiger charge is 2.05. The molecule has 0 amide bonds. The maximum Gasteiger partial charge on any atom is 0.266 e. The van der Waals surface area contributed by atoms with Gasteiger partial charge in [0.2, 0.25) is 0 Å². The van der Waals surface area contributed by atoms with Crippen LogP contribution in [0.3, 0.4) is 0 Å². The van der Waals surface area contributed by atoms with E-state index in [-0.39, 0.29) is 5.56 Å². The van der Waals surface area contributed by atoms with Crippen molar-refractivity contribution in [2.24, 2.45) is 0 Å². The molecule has 0 spiro atoms. The Morgan fingerprint density at radius 3 is 2.75 bits per heavy atom. The Morgan fingerprint density at radius 2 is 1.90 bits per heavy atom. The minimum Gasteiger partial charge on any atom is -0.339 e. The van der Waals surface area contributed by atoms with Gasteiger partial charge in [-0.25, -0.2) is 4.98 Å². The van der Waals surface area contributed by atoms with Gasteiger partial charge >= 0.3 is 0 Å². The highest BCUT2D eigenvalue weighted by molar-refractivity contribution is 14.1. The van der Waals surface area contributed by atoms with Crippen LogP contribution in [0.2, 0.25) is 0 Å². The highest BCUT2D eigenvalue weighted by atomic mass is 127. The molecular formula is C14H9BrIN3O. The lowest BCUT2D eigenvalue weighted by Gasteiger charge is -2.08. The van der Waals surface area contributed by atoms with Crippen LogP contribution in [0.1, 0.15) is 0 Å². The Labute approximate surface area is 136 Å². The molecule has 4 nitrogen and oxygen atoms in total. The Morgan fingerprint density at radius 1 is 1.15 bits per heavy atom. The normalized spacial score (nSPS) is 10.7. The summed E-state index contributed by atoms with van der Waals surface area (Å²) in [6.45, 7) is 0. The van der Waals surface area contributed by atoms with Gasteiger partial charge in [-0.1, -0.05) is 28.1 Å². The molecule has 3 aromatic rings. The lowest BCUT2D eigenvalue weighted by atomic mass is 10.1. The molecule has 3 rings (SSSR count). The van der Waals surface area contributed by atoms with Crippen molar-refractivity contribution in [3.05, 3.63) is 61.1 Å². The van der Waals surface area contributed by atoms with Gasteiger partial charge in [0.05, 0.1) is 6.33 Å². The molecule has 100 valence electrons. The van der Waals surface area contributed by atoms with E-state index in [0.29, 0.717) is 9.39 Å². The molecule has 2 aromatic carbocycles. The zero-order valence-corrected chi connectivity index (χ0v) is 13.9. The van der Waals surface area contributed by atoms with Crippen LogP contribution in [0.15, 0.2) is 52.0 Å². The van der Waals surface area contributed by atoms with E-state index in [0.717, 1.165) is 20.9 Å². The van der Waals surface area contributed by atoms with Crippen molar-refractivity contribution in [3.8, 4) is 0 Å². The van der Waals surface area contributed by atoms with Crippen molar-refractivity contribution in [1.29, 1.82) is 0 Å². The monoisotopic (exact) mass is 441 g/mol. The Hall–Kier alpha value is -1.41. The molecule has 1 aromatic heterocycles. The van der Waals surface area contributed by atoms with E-state index in [1.165, 1.54) is 6.33 Å². The van der Waals surface area contributed by atoms with E-state index in [2.05, 4.69) is 37.3 Å². The summed E-state index contributed by atoms with van der Waals surface area (Å²) in [6, 6.07) is 12.1. The van der Waals surface area contributed by atoms with Gasteiger partial charge in [-0.05, 0) is 57.6 Å². The molecule has 1 heterocycles. The topological polar surface area (TPSA) is 57.8 Å². The van der Waals surface area contributed by atoms with Gasteiger partial charge in [-0.3, -0.25) is 4.79 Å². The Balaban J connectivity index is 2.01. The SMILES string of the molecule is O=c1[nH]cnc(Nc2ccc3cc(Br)ccc3c2)c1I. The van der Waals surface area contributed by atoms with Gasteiger partial charge in [0.15, 0.2) is 5.82 Å². The molecule has 2 N–H and O–H groups in total. The smallest absolute Gasteiger partial charge is 0.266 e. The maximum atomic E-state index is 11.5. The van der Waals surface area contributed by atoms with E-state index >= 15 is 0 Å². The third-order valence-corrected chi connectivity index (χ3v) is 4.36. The van der Waals surface area contributed by atoms with Crippen LogP contribution < -0.4 is 10.9 Å². The van der Waals surface area contributed by atoms with E-state index in [1.54, 1.807) is 0 Å². The van der Waals surface area contributed by atoms with Crippen LogP contribution in [-0.4, -0.2) is 9.97 Å². The van der Waals surface area contributed by atoms with Crippen LogP contribution in [-0.2, 0) is 0 Å². The zero-order valence-electron chi connectivity index (χ0n) is 10.2. The fourth-order valence-electron chi connectivity index (χ4n) is 1.90. The van der Waals surface area contributed by atoms with Crippen molar-refractivity contribution in [2.75, 3.05) is 5.32 Å². The molecule has 0 unspecified atom stereocenters. The molecule has 0 bridgehead atoms. The predicted octanol–water partition coefficient (Wildman–Crippen LogP) is 4.03. The number of aromatic nitrogens is 2. The maximum absolute atomic E-state index is 11.5. The largest absolute Gasteiger partial charge is 0.339 e. The fourth-order valence-corrected chi connectivity index (χ4v) is 2.71. The van der Waals surface area contributed by atoms with Crippen molar-refractivity contribution in [3.63, 3.8) is 0 Å².